The van der Waals surface area contributed by atoms with Crippen LogP contribution in [0.2, 0.25) is 0 Å². The highest BCUT2D eigenvalue weighted by Crippen LogP contribution is 2.36. The highest BCUT2D eigenvalue weighted by Gasteiger charge is 2.11. The number of aryl methyl sites for hydroxylation is 1. The van der Waals surface area contributed by atoms with Gasteiger partial charge >= 0.3 is 0 Å². The largest absolute Gasteiger partial charge is 0.504 e. The SMILES string of the molecule is CC=O.CCc1nc2cc(O)c(Oc3ccc(/C=C/[C@H](C)NC)cn3)cc2s1. The van der Waals surface area contributed by atoms with Gasteiger partial charge in [-0.2, -0.15) is 0 Å². The number of likely N-dealkylation sites (N-methyl/N-ethyl adjacent to an activating group) is 1. The van der Waals surface area contributed by atoms with Crippen molar-refractivity contribution in [1.82, 2.24) is 15.3 Å². The molecule has 0 fully saturated rings. The molecule has 0 aliphatic heterocycles. The molecule has 7 heteroatoms. The van der Waals surface area contributed by atoms with Crippen molar-refractivity contribution < 1.29 is 14.6 Å². The van der Waals surface area contributed by atoms with E-state index in [1.165, 1.54) is 6.92 Å². The van der Waals surface area contributed by atoms with Crippen molar-refractivity contribution in [2.75, 3.05) is 7.05 Å². The predicted molar refractivity (Wildman–Crippen MR) is 114 cm³/mol. The fourth-order valence-electron chi connectivity index (χ4n) is 2.24. The minimum absolute atomic E-state index is 0.0640. The Morgan fingerprint density at radius 2 is 2.11 bits per heavy atom. The van der Waals surface area contributed by atoms with Crippen LogP contribution in [0.4, 0.5) is 0 Å². The van der Waals surface area contributed by atoms with E-state index in [0.717, 1.165) is 33.5 Å². The van der Waals surface area contributed by atoms with Crippen LogP contribution in [-0.2, 0) is 11.2 Å². The lowest BCUT2D eigenvalue weighted by Crippen LogP contribution is -2.17. The molecule has 3 aromatic rings. The third-order valence-corrected chi connectivity index (χ3v) is 4.98. The summed E-state index contributed by atoms with van der Waals surface area (Å²) in [6, 6.07) is 7.46. The van der Waals surface area contributed by atoms with Gasteiger partial charge in [0.05, 0.1) is 15.2 Å². The van der Waals surface area contributed by atoms with E-state index in [9.17, 15) is 5.11 Å². The summed E-state index contributed by atoms with van der Waals surface area (Å²) in [4.78, 5) is 17.6. The molecule has 0 radical (unpaired) electrons. The van der Waals surface area contributed by atoms with E-state index in [-0.39, 0.29) is 5.75 Å². The van der Waals surface area contributed by atoms with E-state index in [1.807, 2.05) is 25.3 Å². The third kappa shape index (κ3) is 5.87. The number of thiazole rings is 1. The molecule has 3 rings (SSSR count). The molecule has 0 saturated carbocycles. The van der Waals surface area contributed by atoms with E-state index < -0.39 is 0 Å². The average molecular weight is 400 g/mol. The van der Waals surface area contributed by atoms with E-state index in [1.54, 1.807) is 29.7 Å². The van der Waals surface area contributed by atoms with Crippen molar-refractivity contribution in [2.24, 2.45) is 0 Å². The number of phenolic OH excluding ortho intramolecular Hbond substituents is 1. The van der Waals surface area contributed by atoms with Crippen molar-refractivity contribution in [3.8, 4) is 17.4 Å². The number of nitrogens with one attached hydrogen (secondary N) is 1. The lowest BCUT2D eigenvalue weighted by atomic mass is 10.2. The Labute approximate surface area is 168 Å². The van der Waals surface area contributed by atoms with Crippen molar-refractivity contribution in [3.05, 3.63) is 47.1 Å². The van der Waals surface area contributed by atoms with Gasteiger partial charge in [-0.1, -0.05) is 19.1 Å². The minimum atomic E-state index is 0.0640. The number of carbonyl (C=O) groups is 1. The Bertz CT molecular complexity index is 936. The van der Waals surface area contributed by atoms with Gasteiger partial charge in [0.25, 0.3) is 0 Å². The number of ether oxygens (including phenoxy) is 1. The van der Waals surface area contributed by atoms with Crippen LogP contribution in [0.1, 0.15) is 31.3 Å². The number of aromatic nitrogens is 2. The Morgan fingerprint density at radius 1 is 1.36 bits per heavy atom. The number of nitrogens with zero attached hydrogens (tertiary/aromatic N) is 2. The fraction of sp³-hybridized carbons (Fsp3) is 0.286. The summed E-state index contributed by atoms with van der Waals surface area (Å²) in [6.07, 6.45) is 7.43. The smallest absolute Gasteiger partial charge is 0.219 e. The number of carbonyl (C=O) groups excluding carboxylic acids is 1. The number of benzene rings is 1. The molecule has 1 aromatic carbocycles. The van der Waals surface area contributed by atoms with Gasteiger partial charge in [-0.25, -0.2) is 9.97 Å². The van der Waals surface area contributed by atoms with Crippen LogP contribution in [-0.4, -0.2) is 34.5 Å². The zero-order chi connectivity index (χ0) is 20.5. The van der Waals surface area contributed by atoms with E-state index in [4.69, 9.17) is 9.53 Å². The number of fused-ring (bicyclic) bond motifs is 1. The number of phenols is 1. The van der Waals surface area contributed by atoms with Crippen LogP contribution >= 0.6 is 11.3 Å². The fourth-order valence-corrected chi connectivity index (χ4v) is 3.16. The maximum absolute atomic E-state index is 10.2. The second-order valence-corrected chi connectivity index (χ2v) is 7.07. The first kappa shape index (κ1) is 21.5. The number of aldehydes is 1. The van der Waals surface area contributed by atoms with Crippen LogP contribution in [0.3, 0.4) is 0 Å². The molecule has 0 amide bonds. The van der Waals surface area contributed by atoms with Crippen molar-refractivity contribution >= 4 is 33.9 Å². The summed E-state index contributed by atoms with van der Waals surface area (Å²) in [6.45, 7) is 5.58. The minimum Gasteiger partial charge on any atom is -0.504 e. The van der Waals surface area contributed by atoms with Gasteiger partial charge in [0.2, 0.25) is 5.88 Å². The van der Waals surface area contributed by atoms with Gasteiger partial charge in [0.15, 0.2) is 11.5 Å². The summed E-state index contributed by atoms with van der Waals surface area (Å²) in [5.74, 6) is 0.890. The highest BCUT2D eigenvalue weighted by molar-refractivity contribution is 7.18. The molecule has 0 spiro atoms. The summed E-state index contributed by atoms with van der Waals surface area (Å²) in [7, 11) is 1.92. The topological polar surface area (TPSA) is 84.3 Å². The summed E-state index contributed by atoms with van der Waals surface area (Å²) >= 11 is 1.61. The third-order valence-electron chi connectivity index (χ3n) is 3.82. The van der Waals surface area contributed by atoms with E-state index in [2.05, 4.69) is 35.2 Å². The van der Waals surface area contributed by atoms with Gasteiger partial charge in [-0.15, -0.1) is 11.3 Å². The van der Waals surface area contributed by atoms with Gasteiger partial charge < -0.3 is 20.0 Å². The Morgan fingerprint density at radius 3 is 2.71 bits per heavy atom. The van der Waals surface area contributed by atoms with E-state index >= 15 is 0 Å². The molecule has 2 N–H and O–H groups in total. The first-order valence-corrected chi connectivity index (χ1v) is 9.83. The highest BCUT2D eigenvalue weighted by atomic mass is 32.1. The predicted octanol–water partition coefficient (Wildman–Crippen LogP) is 4.58. The zero-order valence-electron chi connectivity index (χ0n) is 16.5. The lowest BCUT2D eigenvalue weighted by Gasteiger charge is -2.07. The number of hydrogen-bond donors (Lipinski definition) is 2. The first-order valence-electron chi connectivity index (χ1n) is 9.02. The van der Waals surface area contributed by atoms with Gasteiger partial charge in [0.1, 0.15) is 6.29 Å². The Hall–Kier alpha value is -2.77. The Balaban J connectivity index is 0.000000878. The van der Waals surface area contributed by atoms with Crippen molar-refractivity contribution in [3.63, 3.8) is 0 Å². The second-order valence-electron chi connectivity index (χ2n) is 5.95. The standard InChI is InChI=1S/C19H21N3O2S.C2H4O/c1-4-19-22-14-9-15(23)16(10-17(14)25-19)24-18-8-7-13(11-21-18)6-5-12(2)20-3;1-2-3/h5-12,20,23H,4H2,1-3H3;2H,1H3/b6-5+;/t12-;/m0./s1. The number of pyridine rings is 1. The molecule has 6 nitrogen and oxygen atoms in total. The Kier molecular flexibility index (Phi) is 8.10. The summed E-state index contributed by atoms with van der Waals surface area (Å²) in [5.41, 5.74) is 1.78. The molecule has 0 unspecified atom stereocenters. The van der Waals surface area contributed by atoms with Gasteiger partial charge in [-0.05, 0) is 38.9 Å². The van der Waals surface area contributed by atoms with Crippen molar-refractivity contribution in [2.45, 2.75) is 33.2 Å². The maximum Gasteiger partial charge on any atom is 0.219 e. The quantitative estimate of drug-likeness (QED) is 0.590. The van der Waals surface area contributed by atoms with Crippen molar-refractivity contribution in [1.29, 1.82) is 0 Å². The molecule has 0 saturated heterocycles. The molecule has 148 valence electrons. The number of hydrogen-bond acceptors (Lipinski definition) is 7. The molecule has 2 aromatic heterocycles. The molecular weight excluding hydrogens is 374 g/mol. The monoisotopic (exact) mass is 399 g/mol. The summed E-state index contributed by atoms with van der Waals surface area (Å²) in [5, 5.41) is 14.4. The molecule has 28 heavy (non-hydrogen) atoms. The number of rotatable bonds is 6. The molecule has 0 bridgehead atoms. The normalized spacial score (nSPS) is 11.9. The molecular formula is C21H25N3O3S. The van der Waals surface area contributed by atoms with Crippen LogP contribution in [0.5, 0.6) is 17.4 Å². The van der Waals surface area contributed by atoms with Gasteiger partial charge in [0, 0.05) is 30.4 Å². The summed E-state index contributed by atoms with van der Waals surface area (Å²) < 4.78 is 6.73. The molecule has 0 aliphatic rings. The molecule has 0 aliphatic carbocycles. The maximum atomic E-state index is 10.2. The first-order chi connectivity index (χ1) is 13.5. The lowest BCUT2D eigenvalue weighted by molar-refractivity contribution is -0.106. The van der Waals surface area contributed by atoms with Crippen LogP contribution in [0.15, 0.2) is 36.5 Å². The van der Waals surface area contributed by atoms with E-state index in [0.29, 0.717) is 17.7 Å². The zero-order valence-corrected chi connectivity index (χ0v) is 17.3. The molecule has 1 atom stereocenters. The second kappa shape index (κ2) is 10.5. The molecule has 2 heterocycles. The van der Waals surface area contributed by atoms with Crippen LogP contribution < -0.4 is 10.1 Å². The average Bonchev–Trinajstić information content (AvgIpc) is 3.10. The number of aromatic hydroxyl groups is 1. The van der Waals surface area contributed by atoms with Gasteiger partial charge in [-0.3, -0.25) is 0 Å². The van der Waals surface area contributed by atoms with Crippen LogP contribution in [0, 0.1) is 0 Å². The van der Waals surface area contributed by atoms with Crippen LogP contribution in [0.25, 0.3) is 16.3 Å².